The van der Waals surface area contributed by atoms with Crippen LogP contribution in [0.25, 0.3) is 11.1 Å². The van der Waals surface area contributed by atoms with Gasteiger partial charge in [0, 0.05) is 5.69 Å². The molecule has 0 spiro atoms. The molecule has 5 nitrogen and oxygen atoms in total. The van der Waals surface area contributed by atoms with Crippen molar-refractivity contribution < 1.29 is 31.1 Å². The Balaban J connectivity index is 1.85. The second kappa shape index (κ2) is 8.43. The molecule has 0 saturated carbocycles. The maximum absolute atomic E-state index is 12.9. The number of alkyl halides is 3. The Morgan fingerprint density at radius 1 is 0.935 bits per heavy atom. The molecular formula is C22H18F3NO4S. The fourth-order valence-corrected chi connectivity index (χ4v) is 4.00. The van der Waals surface area contributed by atoms with E-state index in [2.05, 4.69) is 9.46 Å². The second-order valence-electron chi connectivity index (χ2n) is 6.73. The number of benzene rings is 3. The van der Waals surface area contributed by atoms with Crippen LogP contribution >= 0.6 is 0 Å². The van der Waals surface area contributed by atoms with Gasteiger partial charge < -0.3 is 4.74 Å². The molecule has 1 N–H and O–H groups in total. The highest BCUT2D eigenvalue weighted by Gasteiger charge is 2.30. The predicted octanol–water partition coefficient (Wildman–Crippen LogP) is 5.27. The van der Waals surface area contributed by atoms with Gasteiger partial charge in [0.25, 0.3) is 10.0 Å². The van der Waals surface area contributed by atoms with Crippen LogP contribution in [-0.2, 0) is 20.9 Å². The molecule has 0 unspecified atom stereocenters. The molecule has 0 aliphatic heterocycles. The third-order valence-corrected chi connectivity index (χ3v) is 5.96. The number of hydrogen-bond acceptors (Lipinski definition) is 4. The number of anilines is 1. The maximum Gasteiger partial charge on any atom is 0.416 e. The number of esters is 1. The minimum Gasteiger partial charge on any atom is -0.465 e. The number of ether oxygens (including phenoxy) is 1. The molecule has 162 valence electrons. The van der Waals surface area contributed by atoms with Gasteiger partial charge in [-0.3, -0.25) is 4.72 Å². The zero-order valence-corrected chi connectivity index (χ0v) is 17.3. The Labute approximate surface area is 177 Å². The van der Waals surface area contributed by atoms with Gasteiger partial charge in [0.05, 0.1) is 23.1 Å². The Morgan fingerprint density at radius 3 is 2.23 bits per heavy atom. The zero-order chi connectivity index (χ0) is 22.8. The maximum atomic E-state index is 12.9. The summed E-state index contributed by atoms with van der Waals surface area (Å²) in [5.74, 6) is -0.653. The Morgan fingerprint density at radius 2 is 1.61 bits per heavy atom. The first kappa shape index (κ1) is 22.4. The highest BCUT2D eigenvalue weighted by Crippen LogP contribution is 2.32. The number of sulfonamides is 1. The van der Waals surface area contributed by atoms with E-state index in [0.29, 0.717) is 16.7 Å². The third kappa shape index (κ3) is 5.05. The van der Waals surface area contributed by atoms with Gasteiger partial charge in [0.1, 0.15) is 0 Å². The first-order valence-electron chi connectivity index (χ1n) is 9.01. The molecule has 0 aliphatic rings. The molecule has 0 amide bonds. The number of aryl methyl sites for hydroxylation is 1. The molecule has 0 heterocycles. The number of carbonyl (C=O) groups excluding carboxylic acids is 1. The van der Waals surface area contributed by atoms with Crippen LogP contribution in [0.5, 0.6) is 0 Å². The van der Waals surface area contributed by atoms with Crippen LogP contribution in [0.2, 0.25) is 0 Å². The van der Waals surface area contributed by atoms with Gasteiger partial charge in [0.2, 0.25) is 0 Å². The van der Waals surface area contributed by atoms with Crippen LogP contribution in [0.4, 0.5) is 18.9 Å². The smallest absolute Gasteiger partial charge is 0.416 e. The molecule has 0 atom stereocenters. The zero-order valence-electron chi connectivity index (χ0n) is 16.5. The first-order valence-corrected chi connectivity index (χ1v) is 10.5. The summed E-state index contributed by atoms with van der Waals surface area (Å²) in [6.45, 7) is 1.66. The number of halogens is 3. The number of methoxy groups -OCH3 is 1. The van der Waals surface area contributed by atoms with Crippen molar-refractivity contribution in [2.75, 3.05) is 11.8 Å². The van der Waals surface area contributed by atoms with Gasteiger partial charge >= 0.3 is 12.1 Å². The van der Waals surface area contributed by atoms with E-state index in [4.69, 9.17) is 0 Å². The average Bonchev–Trinajstić information content (AvgIpc) is 2.73. The van der Waals surface area contributed by atoms with Gasteiger partial charge in [-0.15, -0.1) is 0 Å². The van der Waals surface area contributed by atoms with Crippen molar-refractivity contribution in [1.29, 1.82) is 0 Å². The van der Waals surface area contributed by atoms with Gasteiger partial charge in [0.15, 0.2) is 0 Å². The second-order valence-corrected chi connectivity index (χ2v) is 8.41. The molecule has 0 saturated heterocycles. The molecule has 0 radical (unpaired) electrons. The number of nitrogens with one attached hydrogen (secondary N) is 1. The van der Waals surface area contributed by atoms with Crippen molar-refractivity contribution in [2.45, 2.75) is 18.0 Å². The van der Waals surface area contributed by atoms with Crippen molar-refractivity contribution in [1.82, 2.24) is 0 Å². The Kier molecular flexibility index (Phi) is 6.08. The van der Waals surface area contributed by atoms with Crippen LogP contribution < -0.4 is 4.72 Å². The predicted molar refractivity (Wildman–Crippen MR) is 110 cm³/mol. The van der Waals surface area contributed by atoms with Gasteiger partial charge in [-0.2, -0.15) is 13.2 Å². The lowest BCUT2D eigenvalue weighted by atomic mass is 10.0. The normalized spacial score (nSPS) is 11.8. The van der Waals surface area contributed by atoms with Gasteiger partial charge in [-0.05, 0) is 60.0 Å². The van der Waals surface area contributed by atoms with Crippen molar-refractivity contribution >= 4 is 21.7 Å². The van der Waals surface area contributed by atoms with Crippen LogP contribution in [0, 0.1) is 6.92 Å². The first-order chi connectivity index (χ1) is 14.5. The summed E-state index contributed by atoms with van der Waals surface area (Å²) in [7, 11) is -2.80. The number of carbonyl (C=O) groups is 1. The van der Waals surface area contributed by atoms with Crippen LogP contribution in [0.3, 0.4) is 0 Å². The van der Waals surface area contributed by atoms with Crippen LogP contribution in [0.1, 0.15) is 21.5 Å². The lowest BCUT2D eigenvalue weighted by Gasteiger charge is -2.12. The van der Waals surface area contributed by atoms with E-state index < -0.39 is 27.7 Å². The minimum atomic E-state index is -4.46. The quantitative estimate of drug-likeness (QED) is 0.539. The summed E-state index contributed by atoms with van der Waals surface area (Å²) in [5, 5.41) is 0. The topological polar surface area (TPSA) is 72.5 Å². The molecule has 0 aromatic heterocycles. The molecule has 0 bridgehead atoms. The Bertz CT molecular complexity index is 1220. The SMILES string of the molecule is COC(=O)c1cc(S(=O)(=O)Nc2ccc(-c3cccc(C(F)(F)F)c3)cc2)ccc1C. The van der Waals surface area contributed by atoms with E-state index in [1.54, 1.807) is 6.92 Å². The van der Waals surface area contributed by atoms with Crippen molar-refractivity contribution in [3.05, 3.63) is 83.4 Å². The summed E-state index contributed by atoms with van der Waals surface area (Å²) in [4.78, 5) is 11.7. The molecule has 0 fully saturated rings. The fraction of sp³-hybridized carbons (Fsp3) is 0.136. The van der Waals surface area contributed by atoms with E-state index in [1.165, 1.54) is 61.7 Å². The van der Waals surface area contributed by atoms with E-state index in [9.17, 15) is 26.4 Å². The third-order valence-electron chi connectivity index (χ3n) is 4.58. The molecule has 3 aromatic carbocycles. The van der Waals surface area contributed by atoms with Gasteiger partial charge in [-0.25, -0.2) is 13.2 Å². The summed E-state index contributed by atoms with van der Waals surface area (Å²) in [6, 6.07) is 14.9. The van der Waals surface area contributed by atoms with Gasteiger partial charge in [-0.1, -0.05) is 30.3 Å². The largest absolute Gasteiger partial charge is 0.465 e. The molecule has 9 heteroatoms. The summed E-state index contributed by atoms with van der Waals surface area (Å²) >= 11 is 0. The standard InChI is InChI=1S/C22H18F3NO4S/c1-14-6-11-19(13-20(14)21(27)30-2)31(28,29)26-18-9-7-15(8-10-18)16-4-3-5-17(12-16)22(23,24)25/h3-13,26H,1-2H3. The van der Waals surface area contributed by atoms with E-state index in [1.807, 2.05) is 0 Å². The monoisotopic (exact) mass is 449 g/mol. The molecule has 3 rings (SSSR count). The highest BCUT2D eigenvalue weighted by molar-refractivity contribution is 7.92. The van der Waals surface area contributed by atoms with E-state index >= 15 is 0 Å². The lowest BCUT2D eigenvalue weighted by molar-refractivity contribution is -0.137. The van der Waals surface area contributed by atoms with Crippen LogP contribution in [0.15, 0.2) is 71.6 Å². The van der Waals surface area contributed by atoms with Crippen molar-refractivity contribution in [2.24, 2.45) is 0 Å². The summed E-state index contributed by atoms with van der Waals surface area (Å²) in [6.07, 6.45) is -4.46. The number of hydrogen-bond donors (Lipinski definition) is 1. The average molecular weight is 449 g/mol. The number of rotatable bonds is 5. The molecular weight excluding hydrogens is 431 g/mol. The van der Waals surface area contributed by atoms with Crippen molar-refractivity contribution in [3.8, 4) is 11.1 Å². The minimum absolute atomic E-state index is 0.125. The Hall–Kier alpha value is -3.33. The summed E-state index contributed by atoms with van der Waals surface area (Å²) < 4.78 is 71.2. The molecule has 31 heavy (non-hydrogen) atoms. The summed E-state index contributed by atoms with van der Waals surface area (Å²) in [5.41, 5.74) is 0.996. The fourth-order valence-electron chi connectivity index (χ4n) is 2.92. The lowest BCUT2D eigenvalue weighted by Crippen LogP contribution is -2.14. The van der Waals surface area contributed by atoms with Crippen LogP contribution in [-0.4, -0.2) is 21.5 Å². The highest BCUT2D eigenvalue weighted by atomic mass is 32.2. The molecule has 3 aromatic rings. The molecule has 0 aliphatic carbocycles. The van der Waals surface area contributed by atoms with E-state index in [-0.39, 0.29) is 16.1 Å². The van der Waals surface area contributed by atoms with E-state index in [0.717, 1.165) is 12.1 Å². The van der Waals surface area contributed by atoms with Crippen molar-refractivity contribution in [3.63, 3.8) is 0 Å².